The van der Waals surface area contributed by atoms with Gasteiger partial charge in [0.1, 0.15) is 24.2 Å². The van der Waals surface area contributed by atoms with Gasteiger partial charge in [-0.1, -0.05) is 67.6 Å². The predicted molar refractivity (Wildman–Crippen MR) is 162 cm³/mol. The molecule has 0 spiro atoms. The van der Waals surface area contributed by atoms with Crippen molar-refractivity contribution in [3.8, 4) is 0 Å². The molecule has 224 valence electrons. The van der Waals surface area contributed by atoms with Gasteiger partial charge < -0.3 is 10.2 Å². The van der Waals surface area contributed by atoms with E-state index < -0.39 is 46.1 Å². The molecular weight excluding hydrogens is 572 g/mol. The Balaban J connectivity index is 1.78. The first-order valence-corrected chi connectivity index (χ1v) is 15.3. The van der Waals surface area contributed by atoms with Gasteiger partial charge in [-0.15, -0.1) is 0 Å². The molecule has 4 rings (SSSR count). The second kappa shape index (κ2) is 14.6. The summed E-state index contributed by atoms with van der Waals surface area (Å²) >= 11 is 0. The molecule has 0 radical (unpaired) electrons. The summed E-state index contributed by atoms with van der Waals surface area (Å²) in [6.45, 7) is 1.53. The fourth-order valence-corrected chi connectivity index (χ4v) is 6.00. The van der Waals surface area contributed by atoms with Gasteiger partial charge in [-0.2, -0.15) is 0 Å². The van der Waals surface area contributed by atoms with Crippen molar-refractivity contribution in [1.82, 2.24) is 10.2 Å². The minimum Gasteiger partial charge on any atom is -0.354 e. The zero-order chi connectivity index (χ0) is 30.8. The number of hydrogen-bond acceptors (Lipinski definition) is 4. The lowest BCUT2D eigenvalue weighted by atomic mass is 10.0. The Hall–Kier alpha value is -4.57. The Morgan fingerprint density at radius 2 is 1.33 bits per heavy atom. The van der Waals surface area contributed by atoms with Crippen LogP contribution >= 0.6 is 0 Å². The fourth-order valence-electron chi connectivity index (χ4n) is 4.56. The van der Waals surface area contributed by atoms with E-state index in [1.807, 2.05) is 37.3 Å². The molecule has 1 atom stereocenters. The van der Waals surface area contributed by atoms with Crippen LogP contribution in [0.15, 0.2) is 114 Å². The molecule has 0 heterocycles. The average molecular weight is 606 g/mol. The summed E-state index contributed by atoms with van der Waals surface area (Å²) in [6.07, 6.45) is 0.828. The van der Waals surface area contributed by atoms with E-state index in [1.54, 1.807) is 18.2 Å². The number of carbonyl (C=O) groups excluding carboxylic acids is 2. The van der Waals surface area contributed by atoms with E-state index in [9.17, 15) is 26.8 Å². The lowest BCUT2D eigenvalue weighted by Gasteiger charge is -2.34. The van der Waals surface area contributed by atoms with Gasteiger partial charge in [-0.05, 0) is 66.1 Å². The normalized spacial score (nSPS) is 11.9. The maximum atomic E-state index is 14.2. The van der Waals surface area contributed by atoms with Crippen LogP contribution in [-0.4, -0.2) is 44.3 Å². The Morgan fingerprint density at radius 1 is 0.767 bits per heavy atom. The summed E-state index contributed by atoms with van der Waals surface area (Å²) < 4.78 is 56.2. The third-order valence-electron chi connectivity index (χ3n) is 6.81. The molecule has 0 aliphatic heterocycles. The Kier molecular flexibility index (Phi) is 10.6. The SMILES string of the molecule is CCCNC(=O)C(Cc1ccccc1)N(Cc1ccc(F)cc1)C(=O)CN(c1ccc(F)cc1)S(=O)(=O)c1ccccc1. The topological polar surface area (TPSA) is 86.8 Å². The zero-order valence-corrected chi connectivity index (χ0v) is 24.5. The first-order valence-electron chi connectivity index (χ1n) is 13.9. The van der Waals surface area contributed by atoms with Crippen LogP contribution in [-0.2, 0) is 32.6 Å². The zero-order valence-electron chi connectivity index (χ0n) is 23.7. The van der Waals surface area contributed by atoms with Crippen LogP contribution in [0.4, 0.5) is 14.5 Å². The summed E-state index contributed by atoms with van der Waals surface area (Å²) in [6, 6.07) is 26.1. The molecule has 4 aromatic rings. The number of amides is 2. The standard InChI is InChI=1S/C33H33F2N3O4S/c1-2-21-36-33(40)31(22-25-9-5-3-6-10-25)37(23-26-13-15-27(34)16-14-26)32(39)24-38(29-19-17-28(35)18-20-29)43(41,42)30-11-7-4-8-12-30/h3-20,31H,2,21-24H2,1H3,(H,36,40). The molecule has 0 saturated heterocycles. The smallest absolute Gasteiger partial charge is 0.264 e. The summed E-state index contributed by atoms with van der Waals surface area (Å²) in [4.78, 5) is 29.1. The van der Waals surface area contributed by atoms with Gasteiger partial charge >= 0.3 is 0 Å². The number of carbonyl (C=O) groups is 2. The van der Waals surface area contributed by atoms with E-state index in [2.05, 4.69) is 5.32 Å². The van der Waals surface area contributed by atoms with Crippen LogP contribution in [0, 0.1) is 11.6 Å². The minimum absolute atomic E-state index is 0.0567. The van der Waals surface area contributed by atoms with Gasteiger partial charge in [0.25, 0.3) is 10.0 Å². The predicted octanol–water partition coefficient (Wildman–Crippen LogP) is 5.33. The maximum absolute atomic E-state index is 14.2. The van der Waals surface area contributed by atoms with Crippen LogP contribution in [0.1, 0.15) is 24.5 Å². The lowest BCUT2D eigenvalue weighted by Crippen LogP contribution is -2.53. The molecule has 10 heteroatoms. The van der Waals surface area contributed by atoms with Gasteiger partial charge in [-0.3, -0.25) is 13.9 Å². The molecule has 7 nitrogen and oxygen atoms in total. The van der Waals surface area contributed by atoms with Crippen molar-refractivity contribution in [1.29, 1.82) is 0 Å². The summed E-state index contributed by atoms with van der Waals surface area (Å²) in [5.41, 5.74) is 1.43. The molecule has 43 heavy (non-hydrogen) atoms. The summed E-state index contributed by atoms with van der Waals surface area (Å²) in [7, 11) is -4.28. The van der Waals surface area contributed by atoms with Crippen LogP contribution in [0.5, 0.6) is 0 Å². The second-order valence-electron chi connectivity index (χ2n) is 9.95. The van der Waals surface area contributed by atoms with Gasteiger partial charge in [0, 0.05) is 19.5 Å². The quantitative estimate of drug-likeness (QED) is 0.223. The maximum Gasteiger partial charge on any atom is 0.264 e. The lowest BCUT2D eigenvalue weighted by molar-refractivity contribution is -0.140. The second-order valence-corrected chi connectivity index (χ2v) is 11.8. The van der Waals surface area contributed by atoms with E-state index in [0.717, 1.165) is 22.0 Å². The Bertz CT molecular complexity index is 1600. The third kappa shape index (κ3) is 8.26. The molecule has 0 aliphatic carbocycles. The number of sulfonamides is 1. The first kappa shape index (κ1) is 31.4. The number of anilines is 1. The van der Waals surface area contributed by atoms with Crippen molar-refractivity contribution in [3.63, 3.8) is 0 Å². The average Bonchev–Trinajstić information content (AvgIpc) is 3.02. The van der Waals surface area contributed by atoms with E-state index in [1.165, 1.54) is 53.4 Å². The number of rotatable bonds is 13. The summed E-state index contributed by atoms with van der Waals surface area (Å²) in [5.74, 6) is -2.10. The first-order chi connectivity index (χ1) is 20.7. The molecule has 1 N–H and O–H groups in total. The molecule has 0 bridgehead atoms. The number of nitrogens with one attached hydrogen (secondary N) is 1. The monoisotopic (exact) mass is 605 g/mol. The van der Waals surface area contributed by atoms with E-state index >= 15 is 0 Å². The highest BCUT2D eigenvalue weighted by molar-refractivity contribution is 7.92. The molecule has 2 amide bonds. The Morgan fingerprint density at radius 3 is 1.91 bits per heavy atom. The van der Waals surface area contributed by atoms with Crippen LogP contribution in [0.3, 0.4) is 0 Å². The number of benzene rings is 4. The highest BCUT2D eigenvalue weighted by Gasteiger charge is 2.34. The molecule has 4 aromatic carbocycles. The summed E-state index contributed by atoms with van der Waals surface area (Å²) in [5, 5.41) is 2.86. The molecule has 0 saturated carbocycles. The van der Waals surface area contributed by atoms with E-state index in [-0.39, 0.29) is 23.5 Å². The largest absolute Gasteiger partial charge is 0.354 e. The van der Waals surface area contributed by atoms with Crippen molar-refractivity contribution in [3.05, 3.63) is 132 Å². The number of halogens is 2. The van der Waals surface area contributed by atoms with Crippen molar-refractivity contribution in [2.45, 2.75) is 37.2 Å². The molecular formula is C33H33F2N3O4S. The van der Waals surface area contributed by atoms with Crippen LogP contribution in [0.2, 0.25) is 0 Å². The number of nitrogens with zero attached hydrogens (tertiary/aromatic N) is 2. The van der Waals surface area contributed by atoms with Crippen LogP contribution in [0.25, 0.3) is 0 Å². The van der Waals surface area contributed by atoms with Crippen molar-refractivity contribution in [2.24, 2.45) is 0 Å². The third-order valence-corrected chi connectivity index (χ3v) is 8.60. The highest BCUT2D eigenvalue weighted by atomic mass is 32.2. The molecule has 1 unspecified atom stereocenters. The van der Waals surface area contributed by atoms with Crippen molar-refractivity contribution >= 4 is 27.5 Å². The van der Waals surface area contributed by atoms with Crippen molar-refractivity contribution in [2.75, 3.05) is 17.4 Å². The van der Waals surface area contributed by atoms with E-state index in [0.29, 0.717) is 18.5 Å². The molecule has 0 aliphatic rings. The minimum atomic E-state index is -4.28. The molecule has 0 fully saturated rings. The van der Waals surface area contributed by atoms with Gasteiger partial charge in [0.15, 0.2) is 0 Å². The van der Waals surface area contributed by atoms with Gasteiger partial charge in [0.05, 0.1) is 10.6 Å². The van der Waals surface area contributed by atoms with E-state index in [4.69, 9.17) is 0 Å². The molecule has 0 aromatic heterocycles. The number of hydrogen-bond donors (Lipinski definition) is 1. The Labute approximate surface area is 250 Å². The van der Waals surface area contributed by atoms with Crippen molar-refractivity contribution < 1.29 is 26.8 Å². The van der Waals surface area contributed by atoms with Crippen LogP contribution < -0.4 is 9.62 Å². The van der Waals surface area contributed by atoms with Gasteiger partial charge in [0.2, 0.25) is 11.8 Å². The van der Waals surface area contributed by atoms with Gasteiger partial charge in [-0.25, -0.2) is 17.2 Å². The highest BCUT2D eigenvalue weighted by Crippen LogP contribution is 2.25. The fraction of sp³-hybridized carbons (Fsp3) is 0.212.